The number of phenolic OH excluding ortho intramolecular Hbond substituents is 2. The molecule has 0 spiro atoms. The number of aromatic hydroxyl groups is 2. The van der Waals surface area contributed by atoms with Crippen LogP contribution in [0.5, 0.6) is 69.0 Å². The Bertz CT molecular complexity index is 3160. The minimum Gasteiger partial charge on any atom is -0.508 e. The zero-order chi connectivity index (χ0) is 73.1. The van der Waals surface area contributed by atoms with Gasteiger partial charge in [0, 0.05) is 48.0 Å². The van der Waals surface area contributed by atoms with Crippen molar-refractivity contribution in [2.75, 3.05) is 97.1 Å². The molecule has 94 heavy (non-hydrogen) atoms. The van der Waals surface area contributed by atoms with Crippen LogP contribution in [0, 0.1) is 27.9 Å². The van der Waals surface area contributed by atoms with Crippen molar-refractivity contribution in [1.82, 2.24) is 5.32 Å². The van der Waals surface area contributed by atoms with Gasteiger partial charge in [0.1, 0.15) is 69.0 Å². The molecule has 0 aromatic heterocycles. The summed E-state index contributed by atoms with van der Waals surface area (Å²) < 4.78 is 112. The van der Waals surface area contributed by atoms with Gasteiger partial charge in [0.25, 0.3) is 0 Å². The highest BCUT2D eigenvalue weighted by Gasteiger charge is 2.55. The second-order valence-corrected chi connectivity index (χ2v) is 24.0. The number of carbonyl (C=O) groups is 3. The number of alkyl halides is 4. The summed E-state index contributed by atoms with van der Waals surface area (Å²) in [5.74, 6) is 5.37. The van der Waals surface area contributed by atoms with Gasteiger partial charge in [0.2, 0.25) is 0 Å². The zero-order valence-electron chi connectivity index (χ0n) is 56.7. The van der Waals surface area contributed by atoms with E-state index in [9.17, 15) is 40.6 Å². The molecule has 0 radical (unpaired) electrons. The van der Waals surface area contributed by atoms with Crippen molar-refractivity contribution < 1.29 is 97.8 Å². The fourth-order valence-electron chi connectivity index (χ4n) is 7.49. The van der Waals surface area contributed by atoms with Crippen LogP contribution in [0.15, 0.2) is 89.4 Å². The van der Waals surface area contributed by atoms with Crippen molar-refractivity contribution in [3.05, 3.63) is 135 Å². The zero-order valence-corrected chi connectivity index (χ0v) is 64.9. The lowest BCUT2D eigenvalue weighted by Gasteiger charge is -2.11. The monoisotopic (exact) mass is 1680 g/mol. The van der Waals surface area contributed by atoms with Crippen molar-refractivity contribution >= 4 is 112 Å². The van der Waals surface area contributed by atoms with Gasteiger partial charge in [-0.3, -0.25) is 9.59 Å². The Balaban J connectivity index is -0.00000101. The molecule has 0 aliphatic rings. The summed E-state index contributed by atoms with van der Waals surface area (Å²) >= 11 is 17.2. The lowest BCUT2D eigenvalue weighted by Crippen LogP contribution is -2.36. The number of halogens is 8. The van der Waals surface area contributed by atoms with Gasteiger partial charge in [-0.25, -0.2) is 4.79 Å². The highest BCUT2D eigenvalue weighted by atomic mass is 127. The number of aryl methyl sites for hydroxylation is 3. The third-order valence-corrected chi connectivity index (χ3v) is 14.8. The van der Waals surface area contributed by atoms with E-state index in [1.807, 2.05) is 82.4 Å². The van der Waals surface area contributed by atoms with Gasteiger partial charge in [0.05, 0.1) is 94.7 Å². The van der Waals surface area contributed by atoms with E-state index >= 15 is 0 Å². The number of ketones is 2. The lowest BCUT2D eigenvalue weighted by atomic mass is 10.0. The van der Waals surface area contributed by atoms with Gasteiger partial charge < -0.3 is 67.6 Å². The minimum absolute atomic E-state index is 0.00185. The Hall–Kier alpha value is -6.05. The Morgan fingerprint density at radius 2 is 0.904 bits per heavy atom. The second kappa shape index (κ2) is 50.3. The molecule has 0 atom stereocenters. The molecule has 0 saturated carbocycles. The van der Waals surface area contributed by atoms with Crippen LogP contribution in [-0.4, -0.2) is 139 Å². The lowest BCUT2D eigenvalue weighted by molar-refractivity contribution is -0.157. The van der Waals surface area contributed by atoms with E-state index in [1.54, 1.807) is 88.3 Å². The molecule has 0 aliphatic heterocycles. The number of methoxy groups -OCH3 is 11. The van der Waals surface area contributed by atoms with Crippen LogP contribution in [0.25, 0.3) is 0 Å². The molecular weight excluding hydrogens is 1590 g/mol. The van der Waals surface area contributed by atoms with Crippen molar-refractivity contribution in [3.8, 4) is 69.0 Å². The number of hydrogen-bond acceptors (Lipinski definition) is 19. The Labute approximate surface area is 598 Å². The minimum atomic E-state index is -6.22. The number of esters is 1. The largest absolute Gasteiger partial charge is 0.508 e. The van der Waals surface area contributed by atoms with E-state index < -0.39 is 21.4 Å². The first kappa shape index (κ1) is 92.1. The van der Waals surface area contributed by atoms with Gasteiger partial charge in [-0.2, -0.15) is 17.2 Å². The highest BCUT2D eigenvalue weighted by Crippen LogP contribution is 2.33. The van der Waals surface area contributed by atoms with Crippen LogP contribution in [0.4, 0.5) is 12.7 Å². The molecule has 0 amide bonds. The van der Waals surface area contributed by atoms with E-state index in [2.05, 4.69) is 91.9 Å². The van der Waals surface area contributed by atoms with Gasteiger partial charge in [-0.1, -0.05) is 47.0 Å². The Morgan fingerprint density at radius 3 is 1.22 bits per heavy atom. The number of phenols is 2. The van der Waals surface area contributed by atoms with E-state index in [1.165, 1.54) is 51.0 Å². The molecule has 0 fully saturated rings. The van der Waals surface area contributed by atoms with E-state index in [-0.39, 0.29) is 28.4 Å². The molecule has 528 valence electrons. The second-order valence-electron chi connectivity index (χ2n) is 18.5. The van der Waals surface area contributed by atoms with Gasteiger partial charge >= 0.3 is 21.4 Å². The van der Waals surface area contributed by atoms with E-state index in [0.717, 1.165) is 82.2 Å². The van der Waals surface area contributed by atoms with E-state index in [0.29, 0.717) is 41.2 Å². The van der Waals surface area contributed by atoms with Crippen molar-refractivity contribution in [2.24, 2.45) is 0 Å². The molecule has 3 N–H and O–H groups in total. The number of benzene rings is 6. The number of nitrogens with one attached hydrogen (secondary N) is 1. The van der Waals surface area contributed by atoms with Gasteiger partial charge in [-0.15, -0.1) is 23.2 Å². The summed E-state index contributed by atoms with van der Waals surface area (Å²) in [5.41, 5.74) is 6.41. The summed E-state index contributed by atoms with van der Waals surface area (Å²) in [7, 11) is 12.4. The standard InChI is InChI=1S/C11H14O3.C11H16O2.C10H11IO3.C9H12O2.C8H9BrO2.C8H9IO2.C5H13N.C3H3F3O4S.CH2Cl2/c1-7-5-9(13-3)6-10(14-4)11(7)8(2)12;1-5-10-8(2)6-9(12-3)7-11(10)13-4;1-6(12)10-8(11)4-7(13-2)5-9(10)14-3;1-3-8-6(2)4-7(10)5-9(8)11;2*1-10-7-3-6(9)4-8(5-7)11-2;1-3-4-5-6-2;1-10-2(7)3(4,5)11(6,8)9;2-1-3/h5-6H,1-4H3;6-7H,5H2,1-4H3;4-5H,1-3H3;4-5,10-11H,3H2,1-2H3;2*3-5H,1-2H3;6H,3-5H2,1-2H3;1H3;1H2. The summed E-state index contributed by atoms with van der Waals surface area (Å²) in [6.45, 7) is 16.3. The number of hydrogen-bond donors (Lipinski definition) is 3. The van der Waals surface area contributed by atoms with Gasteiger partial charge in [0.15, 0.2) is 11.6 Å². The van der Waals surface area contributed by atoms with Crippen molar-refractivity contribution in [1.29, 1.82) is 0 Å². The Kier molecular flexibility index (Phi) is 49.4. The van der Waals surface area contributed by atoms with Crippen LogP contribution in [0.3, 0.4) is 0 Å². The third kappa shape index (κ3) is 34.6. The maximum atomic E-state index is 11.9. The van der Waals surface area contributed by atoms with Crippen LogP contribution in [0.2, 0.25) is 0 Å². The molecule has 0 saturated heterocycles. The molecule has 6 aromatic carbocycles. The molecular formula is C66H89BrCl2F3I2NO18S. The Morgan fingerprint density at radius 1 is 0.543 bits per heavy atom. The molecule has 19 nitrogen and oxygen atoms in total. The quantitative estimate of drug-likeness (QED) is 0.0171. The highest BCUT2D eigenvalue weighted by molar-refractivity contribution is 14.1. The average molecular weight is 1680 g/mol. The molecule has 0 unspecified atom stereocenters. The summed E-state index contributed by atoms with van der Waals surface area (Å²) in [4.78, 5) is 32.5. The van der Waals surface area contributed by atoms with Crippen LogP contribution in [-0.2, 0) is 32.6 Å². The fourth-order valence-corrected chi connectivity index (χ4v) is 9.79. The number of unbranched alkanes of at least 4 members (excludes halogenated alkanes) is 1. The van der Waals surface area contributed by atoms with Crippen LogP contribution < -0.4 is 52.7 Å². The van der Waals surface area contributed by atoms with Crippen LogP contribution in [0.1, 0.15) is 96.0 Å². The van der Waals surface area contributed by atoms with Gasteiger partial charge in [-0.05, 0) is 189 Å². The van der Waals surface area contributed by atoms with Crippen LogP contribution >= 0.6 is 84.3 Å². The first-order valence-corrected chi connectivity index (χ1v) is 33.4. The number of carbonyl (C=O) groups excluding carboxylic acids is 3. The molecule has 0 heterocycles. The molecule has 0 aliphatic carbocycles. The maximum Gasteiger partial charge on any atom is 0.470 e. The number of rotatable bonds is 19. The molecule has 6 aromatic rings. The molecule has 28 heteroatoms. The molecule has 0 bridgehead atoms. The first-order chi connectivity index (χ1) is 44.1. The normalized spacial score (nSPS) is 9.87. The summed E-state index contributed by atoms with van der Waals surface area (Å²) in [6, 6.07) is 25.3. The van der Waals surface area contributed by atoms with E-state index in [4.69, 9.17) is 75.7 Å². The molecule has 6 rings (SSSR count). The SMILES string of the molecule is CCCCNC.CCc1c(C)cc(O)cc1O.CCc1c(C)cc(OC)cc1OC.COC(=O)C(F)(F)S(=O)(=O)F.COc1cc(Br)cc(OC)c1.COc1cc(C)c(C(C)=O)c(OC)c1.COc1cc(I)c(C(C)=O)c(OC)c1.COc1cc(I)cc(OC)c1.ClCCl. The average Bonchev–Trinajstić information content (AvgIpc) is 0.870. The first-order valence-electron chi connectivity index (χ1n) is 28.0. The predicted molar refractivity (Wildman–Crippen MR) is 386 cm³/mol. The predicted octanol–water partition coefficient (Wildman–Crippen LogP) is 16.5. The number of Topliss-reactive ketones (excluding diaryl/α,β-unsaturated/α-hetero) is 2. The van der Waals surface area contributed by atoms with Crippen molar-refractivity contribution in [2.45, 2.75) is 86.3 Å². The summed E-state index contributed by atoms with van der Waals surface area (Å²) in [5, 5.41) is 16.5. The van der Waals surface area contributed by atoms with Crippen molar-refractivity contribution in [3.63, 3.8) is 0 Å². The fraction of sp³-hybridized carbons (Fsp3) is 0.409. The third-order valence-electron chi connectivity index (χ3n) is 12.1. The summed E-state index contributed by atoms with van der Waals surface area (Å²) in [6.07, 6.45) is 4.37. The smallest absolute Gasteiger partial charge is 0.470 e. The maximum absolute atomic E-state index is 11.9. The number of ether oxygens (including phenoxy) is 11. The topological polar surface area (TPSA) is 239 Å².